The zero-order valence-electron chi connectivity index (χ0n) is 11.4. The molecule has 1 aromatic carbocycles. The number of carbonyl (C=O) groups is 1. The van der Waals surface area contributed by atoms with E-state index in [0.717, 1.165) is 0 Å². The highest BCUT2D eigenvalue weighted by molar-refractivity contribution is 8.13. The lowest BCUT2D eigenvalue weighted by Gasteiger charge is -2.17. The van der Waals surface area contributed by atoms with Crippen molar-refractivity contribution in [3.8, 4) is 0 Å². The summed E-state index contributed by atoms with van der Waals surface area (Å²) in [6.45, 7) is 5.40. The van der Waals surface area contributed by atoms with Crippen molar-refractivity contribution in [2.24, 2.45) is 11.8 Å². The molecule has 4 nitrogen and oxygen atoms in total. The zero-order chi connectivity index (χ0) is 15.9. The molecule has 1 heterocycles. The van der Waals surface area contributed by atoms with E-state index in [0.29, 0.717) is 24.9 Å². The number of hydrogen-bond acceptors (Lipinski definition) is 3. The third-order valence-electron chi connectivity index (χ3n) is 3.78. The first-order valence-corrected chi connectivity index (χ1v) is 9.40. The average Bonchev–Trinajstić information content (AvgIpc) is 2.70. The van der Waals surface area contributed by atoms with Crippen LogP contribution >= 0.6 is 33.9 Å². The summed E-state index contributed by atoms with van der Waals surface area (Å²) in [5.74, 6) is 0.521. The molecular weight excluding hydrogens is 357 g/mol. The summed E-state index contributed by atoms with van der Waals surface area (Å²) in [4.78, 5) is 13.8. The van der Waals surface area contributed by atoms with Crippen molar-refractivity contribution in [3.05, 3.63) is 27.7 Å². The Hall–Kier alpha value is -0.490. The molecule has 1 amide bonds. The van der Waals surface area contributed by atoms with Crippen molar-refractivity contribution in [1.82, 2.24) is 4.90 Å². The Morgan fingerprint density at radius 3 is 2.19 bits per heavy atom. The molecule has 0 aromatic heterocycles. The monoisotopic (exact) mass is 369 g/mol. The van der Waals surface area contributed by atoms with E-state index >= 15 is 0 Å². The van der Waals surface area contributed by atoms with E-state index in [-0.39, 0.29) is 26.4 Å². The van der Waals surface area contributed by atoms with Crippen molar-refractivity contribution in [2.75, 3.05) is 13.1 Å². The van der Waals surface area contributed by atoms with Gasteiger partial charge in [0.25, 0.3) is 15.0 Å². The molecular formula is C13H14Cl3NO3S. The number of likely N-dealkylation sites (tertiary alicyclic amines) is 1. The predicted molar refractivity (Wildman–Crippen MR) is 83.7 cm³/mol. The van der Waals surface area contributed by atoms with E-state index < -0.39 is 9.05 Å². The number of rotatable bonds is 2. The molecule has 0 N–H and O–H groups in total. The lowest BCUT2D eigenvalue weighted by atomic mass is 10.0. The fourth-order valence-electron chi connectivity index (χ4n) is 2.34. The summed E-state index contributed by atoms with van der Waals surface area (Å²) in [6, 6.07) is 2.54. The number of halogens is 3. The molecule has 1 aliphatic rings. The van der Waals surface area contributed by atoms with Crippen LogP contribution in [0.5, 0.6) is 0 Å². The lowest BCUT2D eigenvalue weighted by Crippen LogP contribution is -2.29. The van der Waals surface area contributed by atoms with Crippen LogP contribution in [0.1, 0.15) is 24.2 Å². The molecule has 1 fully saturated rings. The molecule has 0 saturated carbocycles. The van der Waals surface area contributed by atoms with Gasteiger partial charge in [0.15, 0.2) is 0 Å². The van der Waals surface area contributed by atoms with Gasteiger partial charge in [0.1, 0.15) is 4.90 Å². The standard InChI is InChI=1S/C13H14Cl3NO3S/c1-7-5-17(6-8(7)2)13(18)9-3-10(14)12(15)11(4-9)21(16,19)20/h3-4,7-8H,5-6H2,1-2H3. The normalized spacial score (nSPS) is 22.6. The highest BCUT2D eigenvalue weighted by Gasteiger charge is 2.31. The Balaban J connectivity index is 2.42. The second-order valence-corrected chi connectivity index (χ2v) is 8.69. The SMILES string of the molecule is CC1CN(C(=O)c2cc(Cl)c(Cl)c(S(=O)(=O)Cl)c2)CC1C. The molecule has 116 valence electrons. The molecule has 2 rings (SSSR count). The summed E-state index contributed by atoms with van der Waals surface area (Å²) in [7, 11) is 1.25. The third-order valence-corrected chi connectivity index (χ3v) is 6.04. The van der Waals surface area contributed by atoms with E-state index in [4.69, 9.17) is 33.9 Å². The smallest absolute Gasteiger partial charge is 0.262 e. The van der Waals surface area contributed by atoms with Gasteiger partial charge in [-0.3, -0.25) is 4.79 Å². The second kappa shape index (κ2) is 5.95. The van der Waals surface area contributed by atoms with E-state index in [1.807, 2.05) is 0 Å². The van der Waals surface area contributed by atoms with E-state index in [1.54, 1.807) is 4.90 Å². The maximum Gasteiger partial charge on any atom is 0.262 e. The largest absolute Gasteiger partial charge is 0.338 e. The minimum atomic E-state index is -4.07. The molecule has 21 heavy (non-hydrogen) atoms. The molecule has 0 bridgehead atoms. The molecule has 0 radical (unpaired) electrons. The summed E-state index contributed by atoms with van der Waals surface area (Å²) in [5, 5.41) is -0.187. The summed E-state index contributed by atoms with van der Waals surface area (Å²) in [6.07, 6.45) is 0. The van der Waals surface area contributed by atoms with E-state index in [1.165, 1.54) is 12.1 Å². The van der Waals surface area contributed by atoms with Crippen molar-refractivity contribution < 1.29 is 13.2 Å². The van der Waals surface area contributed by atoms with Crippen LogP contribution in [0.15, 0.2) is 17.0 Å². The van der Waals surface area contributed by atoms with Gasteiger partial charge < -0.3 is 4.90 Å². The minimum Gasteiger partial charge on any atom is -0.338 e. The van der Waals surface area contributed by atoms with Gasteiger partial charge >= 0.3 is 0 Å². The van der Waals surface area contributed by atoms with Crippen LogP contribution in [0.3, 0.4) is 0 Å². The first-order valence-electron chi connectivity index (χ1n) is 6.34. The molecule has 1 aliphatic heterocycles. The summed E-state index contributed by atoms with van der Waals surface area (Å²) < 4.78 is 23.0. The van der Waals surface area contributed by atoms with E-state index in [9.17, 15) is 13.2 Å². The van der Waals surface area contributed by atoms with E-state index in [2.05, 4.69) is 13.8 Å². The average molecular weight is 371 g/mol. The second-order valence-electron chi connectivity index (χ2n) is 5.37. The van der Waals surface area contributed by atoms with Crippen LogP contribution in [0.4, 0.5) is 0 Å². The van der Waals surface area contributed by atoms with Gasteiger partial charge in [-0.15, -0.1) is 0 Å². The molecule has 1 saturated heterocycles. The Labute approximate surface area is 138 Å². The van der Waals surface area contributed by atoms with Crippen molar-refractivity contribution in [2.45, 2.75) is 18.7 Å². The molecule has 0 spiro atoms. The Morgan fingerprint density at radius 2 is 1.71 bits per heavy atom. The highest BCUT2D eigenvalue weighted by atomic mass is 35.7. The van der Waals surface area contributed by atoms with Crippen LogP contribution in [-0.2, 0) is 9.05 Å². The Bertz CT molecular complexity index is 680. The Kier molecular flexibility index (Phi) is 4.78. The van der Waals surface area contributed by atoms with Gasteiger partial charge in [0.2, 0.25) is 0 Å². The molecule has 1 aromatic rings. The maximum atomic E-state index is 12.5. The minimum absolute atomic E-state index is 0.0120. The Morgan fingerprint density at radius 1 is 1.19 bits per heavy atom. The highest BCUT2D eigenvalue weighted by Crippen LogP contribution is 2.34. The van der Waals surface area contributed by atoms with Gasteiger partial charge in [-0.25, -0.2) is 8.42 Å². The van der Waals surface area contributed by atoms with Crippen LogP contribution in [0.25, 0.3) is 0 Å². The number of amides is 1. The number of carbonyl (C=O) groups excluding carboxylic acids is 1. The van der Waals surface area contributed by atoms with Gasteiger partial charge in [-0.05, 0) is 24.0 Å². The fourth-order valence-corrected chi connectivity index (χ4v) is 4.11. The van der Waals surface area contributed by atoms with Gasteiger partial charge in [0.05, 0.1) is 10.0 Å². The molecule has 2 atom stereocenters. The van der Waals surface area contributed by atoms with Gasteiger partial charge in [0, 0.05) is 29.3 Å². The number of hydrogen-bond donors (Lipinski definition) is 0. The fraction of sp³-hybridized carbons (Fsp3) is 0.462. The van der Waals surface area contributed by atoms with Gasteiger partial charge in [-0.2, -0.15) is 0 Å². The lowest BCUT2D eigenvalue weighted by molar-refractivity contribution is 0.0785. The van der Waals surface area contributed by atoms with Crippen LogP contribution in [-0.4, -0.2) is 32.3 Å². The summed E-state index contributed by atoms with van der Waals surface area (Å²) >= 11 is 11.7. The number of benzene rings is 1. The molecule has 2 unspecified atom stereocenters. The van der Waals surface area contributed by atoms with Crippen LogP contribution in [0.2, 0.25) is 10.0 Å². The van der Waals surface area contributed by atoms with Crippen molar-refractivity contribution in [3.63, 3.8) is 0 Å². The molecule has 0 aliphatic carbocycles. The zero-order valence-corrected chi connectivity index (χ0v) is 14.5. The van der Waals surface area contributed by atoms with Crippen LogP contribution in [0, 0.1) is 11.8 Å². The quantitative estimate of drug-likeness (QED) is 0.747. The van der Waals surface area contributed by atoms with Crippen LogP contribution < -0.4 is 0 Å². The van der Waals surface area contributed by atoms with Crippen molar-refractivity contribution in [1.29, 1.82) is 0 Å². The van der Waals surface area contributed by atoms with Gasteiger partial charge in [-0.1, -0.05) is 37.0 Å². The first-order chi connectivity index (χ1) is 9.61. The number of nitrogens with zero attached hydrogens (tertiary/aromatic N) is 1. The third kappa shape index (κ3) is 3.47. The topological polar surface area (TPSA) is 54.5 Å². The predicted octanol–water partition coefficient (Wildman–Crippen LogP) is 3.65. The maximum absolute atomic E-state index is 12.5. The molecule has 8 heteroatoms. The summed E-state index contributed by atoms with van der Waals surface area (Å²) in [5.41, 5.74) is 0.171. The van der Waals surface area contributed by atoms with Crippen molar-refractivity contribution >= 4 is 48.8 Å². The first kappa shape index (κ1) is 16.9.